The molecule has 0 unspecified atom stereocenters. The third kappa shape index (κ3) is 3.18. The maximum atomic E-state index is 14.2. The van der Waals surface area contributed by atoms with Crippen LogP contribution in [0.2, 0.25) is 0 Å². The van der Waals surface area contributed by atoms with E-state index in [9.17, 15) is 27.2 Å². The Bertz CT molecular complexity index is 1200. The van der Waals surface area contributed by atoms with Crippen LogP contribution < -0.4 is 10.9 Å². The van der Waals surface area contributed by atoms with Gasteiger partial charge in [-0.25, -0.2) is 17.6 Å². The number of H-pyrrole nitrogens is 1. The average molecular weight is 404 g/mol. The Morgan fingerprint density at radius 2 is 1.79 bits per heavy atom. The summed E-state index contributed by atoms with van der Waals surface area (Å²) in [6.45, 7) is 1.53. The predicted molar refractivity (Wildman–Crippen MR) is 98.3 cm³/mol. The van der Waals surface area contributed by atoms with E-state index in [2.05, 4.69) is 10.3 Å². The summed E-state index contributed by atoms with van der Waals surface area (Å²) in [5.41, 5.74) is -1.53. The highest BCUT2D eigenvalue weighted by atomic mass is 19.2. The van der Waals surface area contributed by atoms with Gasteiger partial charge in [-0.3, -0.25) is 9.59 Å². The summed E-state index contributed by atoms with van der Waals surface area (Å²) in [4.78, 5) is 27.9. The maximum Gasteiger partial charge on any atom is 0.252 e. The Hall–Kier alpha value is -3.16. The van der Waals surface area contributed by atoms with Crippen molar-refractivity contribution in [2.45, 2.75) is 31.2 Å². The highest BCUT2D eigenvalue weighted by Gasteiger charge is 2.53. The molecular weight excluding hydrogens is 388 g/mol. The number of hydrogen-bond donors (Lipinski definition) is 2. The van der Waals surface area contributed by atoms with Crippen LogP contribution in [0.25, 0.3) is 10.9 Å². The first-order valence-electron chi connectivity index (χ1n) is 9.00. The van der Waals surface area contributed by atoms with Gasteiger partial charge in [-0.05, 0) is 44.0 Å². The molecule has 2 N–H and O–H groups in total. The molecule has 0 spiro atoms. The van der Waals surface area contributed by atoms with Crippen LogP contribution in [0.3, 0.4) is 0 Å². The average Bonchev–Trinajstić information content (AvgIpc) is 3.46. The second-order valence-corrected chi connectivity index (χ2v) is 7.28. The van der Waals surface area contributed by atoms with E-state index in [1.165, 1.54) is 25.1 Å². The van der Waals surface area contributed by atoms with E-state index in [1.807, 2.05) is 0 Å². The number of halogens is 4. The molecule has 1 heterocycles. The molecule has 0 radical (unpaired) electrons. The van der Waals surface area contributed by atoms with Crippen molar-refractivity contribution in [2.24, 2.45) is 0 Å². The number of pyridine rings is 1. The van der Waals surface area contributed by atoms with Crippen molar-refractivity contribution in [3.05, 3.63) is 81.1 Å². The number of carbonyl (C=O) groups excluding carboxylic acids is 1. The van der Waals surface area contributed by atoms with Gasteiger partial charge < -0.3 is 10.3 Å². The third-order valence-electron chi connectivity index (χ3n) is 5.39. The lowest BCUT2D eigenvalue weighted by Crippen LogP contribution is -2.39. The Morgan fingerprint density at radius 1 is 1.07 bits per heavy atom. The number of benzene rings is 2. The first kappa shape index (κ1) is 19.2. The second kappa shape index (κ2) is 6.72. The molecule has 4 rings (SSSR count). The Labute approximate surface area is 162 Å². The van der Waals surface area contributed by atoms with Gasteiger partial charge in [0.15, 0.2) is 11.6 Å². The maximum absolute atomic E-state index is 14.2. The van der Waals surface area contributed by atoms with Gasteiger partial charge in [0, 0.05) is 22.6 Å². The molecule has 1 aromatic heterocycles. The quantitative estimate of drug-likeness (QED) is 0.646. The van der Waals surface area contributed by atoms with Gasteiger partial charge in [0.1, 0.15) is 11.6 Å². The van der Waals surface area contributed by atoms with Crippen molar-refractivity contribution >= 4 is 16.8 Å². The molecule has 3 aromatic rings. The predicted octanol–water partition coefficient (Wildman–Crippen LogP) is 3.99. The number of nitrogens with one attached hydrogen (secondary N) is 2. The molecular formula is C21H16F4N2O2. The van der Waals surface area contributed by atoms with E-state index in [0.717, 1.165) is 18.2 Å². The number of aromatic amines is 1. The fourth-order valence-corrected chi connectivity index (χ4v) is 3.58. The van der Waals surface area contributed by atoms with Gasteiger partial charge in [0.05, 0.1) is 17.0 Å². The van der Waals surface area contributed by atoms with Crippen LogP contribution in [0.1, 0.15) is 36.9 Å². The van der Waals surface area contributed by atoms with Crippen LogP contribution in [0, 0.1) is 23.3 Å². The monoisotopic (exact) mass is 404 g/mol. The van der Waals surface area contributed by atoms with Crippen molar-refractivity contribution in [1.82, 2.24) is 10.3 Å². The lowest BCUT2D eigenvalue weighted by atomic mass is 9.94. The largest absolute Gasteiger partial charge is 0.349 e. The molecule has 1 fully saturated rings. The fraction of sp³-hybridized carbons (Fsp3) is 0.238. The van der Waals surface area contributed by atoms with Crippen LogP contribution >= 0.6 is 0 Å². The Morgan fingerprint density at radius 3 is 2.45 bits per heavy atom. The molecule has 0 bridgehead atoms. The zero-order valence-electron chi connectivity index (χ0n) is 15.3. The molecule has 1 amide bonds. The summed E-state index contributed by atoms with van der Waals surface area (Å²) in [5, 5.41) is 2.51. The molecule has 0 saturated heterocycles. The van der Waals surface area contributed by atoms with E-state index in [0.29, 0.717) is 12.8 Å². The molecule has 1 aliphatic rings. The van der Waals surface area contributed by atoms with Gasteiger partial charge in [0.25, 0.3) is 5.56 Å². The minimum absolute atomic E-state index is 0.0266. The summed E-state index contributed by atoms with van der Waals surface area (Å²) in [6, 6.07) is 5.60. The molecule has 8 heteroatoms. The summed E-state index contributed by atoms with van der Waals surface area (Å²) in [7, 11) is 0. The van der Waals surface area contributed by atoms with E-state index in [-0.39, 0.29) is 22.0 Å². The first-order valence-corrected chi connectivity index (χ1v) is 9.00. The van der Waals surface area contributed by atoms with Crippen molar-refractivity contribution in [3.8, 4) is 0 Å². The minimum atomic E-state index is -1.20. The SMILES string of the molecule is C[C@H](NC(=O)C1(c2cc3c(F)c(F)ccc3[nH]c2=O)CC1)c1ccc(F)cc1F. The summed E-state index contributed by atoms with van der Waals surface area (Å²) < 4.78 is 54.8. The van der Waals surface area contributed by atoms with Gasteiger partial charge in [0.2, 0.25) is 5.91 Å². The third-order valence-corrected chi connectivity index (χ3v) is 5.39. The number of amides is 1. The van der Waals surface area contributed by atoms with Gasteiger partial charge in [-0.15, -0.1) is 0 Å². The van der Waals surface area contributed by atoms with Crippen LogP contribution in [-0.4, -0.2) is 10.9 Å². The highest BCUT2D eigenvalue weighted by Crippen LogP contribution is 2.48. The molecule has 150 valence electrons. The fourth-order valence-electron chi connectivity index (χ4n) is 3.58. The summed E-state index contributed by atoms with van der Waals surface area (Å²) in [5.74, 6) is -4.25. The van der Waals surface area contributed by atoms with Crippen LogP contribution in [-0.2, 0) is 10.2 Å². The normalized spacial score (nSPS) is 15.9. The van der Waals surface area contributed by atoms with Gasteiger partial charge in [-0.2, -0.15) is 0 Å². The topological polar surface area (TPSA) is 62.0 Å². The zero-order chi connectivity index (χ0) is 20.9. The van der Waals surface area contributed by atoms with Gasteiger partial charge in [-0.1, -0.05) is 6.07 Å². The number of hydrogen-bond acceptors (Lipinski definition) is 2. The van der Waals surface area contributed by atoms with Crippen molar-refractivity contribution in [3.63, 3.8) is 0 Å². The first-order chi connectivity index (χ1) is 13.7. The van der Waals surface area contributed by atoms with E-state index in [4.69, 9.17) is 0 Å². The molecule has 1 aliphatic carbocycles. The van der Waals surface area contributed by atoms with Gasteiger partial charge >= 0.3 is 0 Å². The van der Waals surface area contributed by atoms with E-state index >= 15 is 0 Å². The molecule has 1 atom stereocenters. The minimum Gasteiger partial charge on any atom is -0.349 e. The zero-order valence-corrected chi connectivity index (χ0v) is 15.3. The molecule has 0 aliphatic heterocycles. The van der Waals surface area contributed by atoms with E-state index in [1.54, 1.807) is 0 Å². The molecule has 1 saturated carbocycles. The van der Waals surface area contributed by atoms with Crippen LogP contribution in [0.15, 0.2) is 41.2 Å². The smallest absolute Gasteiger partial charge is 0.252 e. The summed E-state index contributed by atoms with van der Waals surface area (Å²) in [6.07, 6.45) is 0.673. The number of carbonyl (C=O) groups is 1. The van der Waals surface area contributed by atoms with Crippen molar-refractivity contribution < 1.29 is 22.4 Å². The lowest BCUT2D eigenvalue weighted by molar-refractivity contribution is -0.124. The van der Waals surface area contributed by atoms with Crippen LogP contribution in [0.4, 0.5) is 17.6 Å². The van der Waals surface area contributed by atoms with Crippen LogP contribution in [0.5, 0.6) is 0 Å². The molecule has 29 heavy (non-hydrogen) atoms. The molecule has 4 nitrogen and oxygen atoms in total. The number of fused-ring (bicyclic) bond motifs is 1. The van der Waals surface area contributed by atoms with E-state index < -0.39 is 46.2 Å². The van der Waals surface area contributed by atoms with Crippen molar-refractivity contribution in [2.75, 3.05) is 0 Å². The van der Waals surface area contributed by atoms with Crippen molar-refractivity contribution in [1.29, 1.82) is 0 Å². The lowest BCUT2D eigenvalue weighted by Gasteiger charge is -2.20. The number of rotatable bonds is 4. The highest BCUT2D eigenvalue weighted by molar-refractivity contribution is 5.93. The molecule has 2 aromatic carbocycles. The summed E-state index contributed by atoms with van der Waals surface area (Å²) >= 11 is 0. The second-order valence-electron chi connectivity index (χ2n) is 7.28. The Balaban J connectivity index is 1.68. The standard InChI is InChI=1S/C21H16F4N2O2/c1-10(12-3-2-11(22)8-16(12)24)26-20(29)21(6-7-21)14-9-13-17(27-19(14)28)5-4-15(23)18(13)25/h2-5,8-10H,6-7H2,1H3,(H,26,29)(H,27,28)/t10-/m0/s1. The Kier molecular flexibility index (Phi) is 4.44. The number of aromatic nitrogens is 1.